The molecule has 0 unspecified atom stereocenters. The second kappa shape index (κ2) is 13.9. The predicted molar refractivity (Wildman–Crippen MR) is 122 cm³/mol. The zero-order chi connectivity index (χ0) is 22.4. The molecule has 0 aromatic heterocycles. The van der Waals surface area contributed by atoms with E-state index in [0.717, 1.165) is 30.0 Å². The Bertz CT molecular complexity index is 813. The van der Waals surface area contributed by atoms with Gasteiger partial charge in [-0.2, -0.15) is 13.2 Å². The van der Waals surface area contributed by atoms with Crippen LogP contribution in [0, 0.1) is 11.8 Å². The molecule has 0 fully saturated rings. The van der Waals surface area contributed by atoms with Gasteiger partial charge in [-0.05, 0) is 35.7 Å². The van der Waals surface area contributed by atoms with Crippen LogP contribution >= 0.6 is 0 Å². The number of hydrogen-bond acceptors (Lipinski definition) is 0. The summed E-state index contributed by atoms with van der Waals surface area (Å²) in [5.74, 6) is 6.43. The summed E-state index contributed by atoms with van der Waals surface area (Å²) in [5.41, 5.74) is 1.53. The lowest BCUT2D eigenvalue weighted by Crippen LogP contribution is -2.13. The number of unbranched alkanes of at least 4 members (excludes halogenated alkanes) is 8. The molecule has 2 aromatic rings. The standard InChI is InChI=1S/C27H33F3N/c1-2-3-4-5-6-7-8-9-10-11-14-23-17-19-24(20-18-23)21-31-22-25-15-12-13-16-26(25)27(28,29)30/h12-13,15-20H,2-10,21-22H2,1H3. The summed E-state index contributed by atoms with van der Waals surface area (Å²) in [4.78, 5) is 0. The van der Waals surface area contributed by atoms with Crippen molar-refractivity contribution in [3.05, 3.63) is 70.8 Å². The van der Waals surface area contributed by atoms with E-state index in [1.807, 2.05) is 24.3 Å². The Morgan fingerprint density at radius 1 is 0.774 bits per heavy atom. The summed E-state index contributed by atoms with van der Waals surface area (Å²) in [6, 6.07) is 13.4. The first kappa shape index (κ1) is 25.0. The van der Waals surface area contributed by atoms with Gasteiger partial charge < -0.3 is 0 Å². The molecule has 2 rings (SSSR count). The van der Waals surface area contributed by atoms with Crippen LogP contribution in [-0.4, -0.2) is 0 Å². The third-order valence-electron chi connectivity index (χ3n) is 5.24. The number of benzene rings is 2. The van der Waals surface area contributed by atoms with Crippen LogP contribution < -0.4 is 5.32 Å². The average Bonchev–Trinajstić information content (AvgIpc) is 2.76. The number of alkyl halides is 3. The van der Waals surface area contributed by atoms with Gasteiger partial charge in [0.15, 0.2) is 0 Å². The molecule has 2 aromatic carbocycles. The first-order valence-electron chi connectivity index (χ1n) is 11.4. The van der Waals surface area contributed by atoms with Crippen LogP contribution in [0.25, 0.3) is 0 Å². The molecule has 0 aliphatic carbocycles. The van der Waals surface area contributed by atoms with E-state index in [-0.39, 0.29) is 12.1 Å². The molecule has 0 saturated carbocycles. The molecule has 0 atom stereocenters. The van der Waals surface area contributed by atoms with Gasteiger partial charge >= 0.3 is 6.18 Å². The fourth-order valence-corrected chi connectivity index (χ4v) is 3.45. The Kier molecular flexibility index (Phi) is 11.2. The van der Waals surface area contributed by atoms with E-state index < -0.39 is 11.7 Å². The van der Waals surface area contributed by atoms with Crippen LogP contribution in [0.5, 0.6) is 0 Å². The summed E-state index contributed by atoms with van der Waals surface area (Å²) in [5, 5.41) is 4.31. The van der Waals surface area contributed by atoms with Gasteiger partial charge in [-0.1, -0.05) is 94.0 Å². The third-order valence-corrected chi connectivity index (χ3v) is 5.24. The highest BCUT2D eigenvalue weighted by molar-refractivity contribution is 5.36. The normalized spacial score (nSPS) is 11.2. The maximum atomic E-state index is 13.0. The van der Waals surface area contributed by atoms with E-state index >= 15 is 0 Å². The smallest absolute Gasteiger partial charge is 0.232 e. The van der Waals surface area contributed by atoms with Crippen molar-refractivity contribution < 1.29 is 13.2 Å². The zero-order valence-electron chi connectivity index (χ0n) is 18.5. The Morgan fingerprint density at radius 2 is 1.42 bits per heavy atom. The number of nitrogens with zero attached hydrogens (tertiary/aromatic N) is 1. The van der Waals surface area contributed by atoms with E-state index in [9.17, 15) is 13.2 Å². The monoisotopic (exact) mass is 428 g/mol. The molecule has 0 N–H and O–H groups in total. The van der Waals surface area contributed by atoms with Crippen LogP contribution in [0.15, 0.2) is 48.5 Å². The fraction of sp³-hybridized carbons (Fsp3) is 0.481. The first-order valence-corrected chi connectivity index (χ1v) is 11.4. The molecular formula is C27H33F3N. The molecule has 0 aliphatic rings. The van der Waals surface area contributed by atoms with Gasteiger partial charge in [-0.15, -0.1) is 0 Å². The highest BCUT2D eigenvalue weighted by Gasteiger charge is 2.32. The molecule has 167 valence electrons. The van der Waals surface area contributed by atoms with E-state index in [0.29, 0.717) is 6.54 Å². The summed E-state index contributed by atoms with van der Waals surface area (Å²) in [6.07, 6.45) is 6.97. The van der Waals surface area contributed by atoms with Crippen molar-refractivity contribution in [2.75, 3.05) is 0 Å². The van der Waals surface area contributed by atoms with Crippen molar-refractivity contribution in [2.45, 2.75) is 84.0 Å². The second-order valence-corrected chi connectivity index (χ2v) is 7.92. The van der Waals surface area contributed by atoms with Crippen LogP contribution in [0.4, 0.5) is 13.2 Å². The third kappa shape index (κ3) is 10.1. The van der Waals surface area contributed by atoms with Gasteiger partial charge in [-0.25, -0.2) is 5.32 Å². The topological polar surface area (TPSA) is 14.1 Å². The molecular weight excluding hydrogens is 395 g/mol. The van der Waals surface area contributed by atoms with Gasteiger partial charge in [0.05, 0.1) is 5.56 Å². The fourth-order valence-electron chi connectivity index (χ4n) is 3.45. The van der Waals surface area contributed by atoms with Crippen LogP contribution in [0.3, 0.4) is 0 Å². The van der Waals surface area contributed by atoms with Crippen LogP contribution in [-0.2, 0) is 19.3 Å². The van der Waals surface area contributed by atoms with Gasteiger partial charge in [0.2, 0.25) is 0 Å². The van der Waals surface area contributed by atoms with Gasteiger partial charge in [0.25, 0.3) is 0 Å². The molecule has 0 heterocycles. The summed E-state index contributed by atoms with van der Waals surface area (Å²) in [6.45, 7) is 2.68. The molecule has 0 aliphatic heterocycles. The summed E-state index contributed by atoms with van der Waals surface area (Å²) >= 11 is 0. The molecule has 4 heteroatoms. The van der Waals surface area contributed by atoms with Gasteiger partial charge in [0.1, 0.15) is 0 Å². The predicted octanol–water partition coefficient (Wildman–Crippen LogP) is 7.89. The number of rotatable bonds is 12. The van der Waals surface area contributed by atoms with Crippen molar-refractivity contribution in [1.29, 1.82) is 0 Å². The van der Waals surface area contributed by atoms with Crippen molar-refractivity contribution >= 4 is 0 Å². The summed E-state index contributed by atoms with van der Waals surface area (Å²) < 4.78 is 39.1. The molecule has 1 nitrogen and oxygen atoms in total. The van der Waals surface area contributed by atoms with E-state index in [1.165, 1.54) is 57.1 Å². The lowest BCUT2D eigenvalue weighted by Gasteiger charge is -2.12. The van der Waals surface area contributed by atoms with Crippen molar-refractivity contribution in [2.24, 2.45) is 0 Å². The SMILES string of the molecule is CCCCCCCCCCC#Cc1ccc(C[N]Cc2ccccc2C(F)(F)F)cc1. The quantitative estimate of drug-likeness (QED) is 0.241. The minimum absolute atomic E-state index is 0.0514. The molecule has 0 saturated heterocycles. The average molecular weight is 429 g/mol. The van der Waals surface area contributed by atoms with Crippen molar-refractivity contribution in [3.63, 3.8) is 0 Å². The zero-order valence-corrected chi connectivity index (χ0v) is 18.5. The van der Waals surface area contributed by atoms with Crippen LogP contribution in [0.1, 0.15) is 87.0 Å². The minimum Gasteiger partial charge on any atom is -0.232 e. The van der Waals surface area contributed by atoms with Crippen molar-refractivity contribution in [1.82, 2.24) is 5.32 Å². The Balaban J connectivity index is 1.67. The molecule has 0 bridgehead atoms. The summed E-state index contributed by atoms with van der Waals surface area (Å²) in [7, 11) is 0. The Morgan fingerprint density at radius 3 is 2.10 bits per heavy atom. The van der Waals surface area contributed by atoms with Crippen molar-refractivity contribution in [3.8, 4) is 11.8 Å². The number of halogens is 3. The highest BCUT2D eigenvalue weighted by atomic mass is 19.4. The molecule has 1 radical (unpaired) electrons. The van der Waals surface area contributed by atoms with E-state index in [1.54, 1.807) is 6.07 Å². The van der Waals surface area contributed by atoms with Crippen LogP contribution in [0.2, 0.25) is 0 Å². The molecule has 0 amide bonds. The minimum atomic E-state index is -4.35. The highest BCUT2D eigenvalue weighted by Crippen LogP contribution is 2.31. The van der Waals surface area contributed by atoms with E-state index in [4.69, 9.17) is 0 Å². The Labute approximate surface area is 185 Å². The lowest BCUT2D eigenvalue weighted by atomic mass is 10.1. The number of hydrogen-bond donors (Lipinski definition) is 0. The largest absolute Gasteiger partial charge is 0.416 e. The van der Waals surface area contributed by atoms with Gasteiger partial charge in [-0.3, -0.25) is 0 Å². The lowest BCUT2D eigenvalue weighted by molar-refractivity contribution is -0.138. The maximum absolute atomic E-state index is 13.0. The molecule has 0 spiro atoms. The Hall–Kier alpha value is -2.25. The molecule has 31 heavy (non-hydrogen) atoms. The second-order valence-electron chi connectivity index (χ2n) is 7.92. The maximum Gasteiger partial charge on any atom is 0.416 e. The first-order chi connectivity index (χ1) is 15.0. The van der Waals surface area contributed by atoms with E-state index in [2.05, 4.69) is 24.1 Å². The van der Waals surface area contributed by atoms with Gasteiger partial charge in [0, 0.05) is 25.1 Å².